The van der Waals surface area contributed by atoms with Gasteiger partial charge in [0.05, 0.1) is 18.3 Å². The van der Waals surface area contributed by atoms with E-state index in [0.29, 0.717) is 12.1 Å². The van der Waals surface area contributed by atoms with Gasteiger partial charge in [-0.3, -0.25) is 14.3 Å². The molecule has 2 aromatic rings. The molecule has 6 nitrogen and oxygen atoms in total. The minimum Gasteiger partial charge on any atom is -0.465 e. The van der Waals surface area contributed by atoms with Crippen LogP contribution in [0.4, 0.5) is 5.95 Å². The van der Waals surface area contributed by atoms with Crippen LogP contribution < -0.4 is 5.73 Å². The summed E-state index contributed by atoms with van der Waals surface area (Å²) < 4.78 is 6.47. The lowest BCUT2D eigenvalue weighted by Crippen LogP contribution is -2.15. The summed E-state index contributed by atoms with van der Waals surface area (Å²) in [4.78, 5) is 19.4. The van der Waals surface area contributed by atoms with Crippen molar-refractivity contribution >= 4 is 23.0 Å². The first-order valence-corrected chi connectivity index (χ1v) is 4.93. The summed E-state index contributed by atoms with van der Waals surface area (Å²) in [5, 5.41) is 0. The van der Waals surface area contributed by atoms with E-state index in [4.69, 9.17) is 10.5 Å². The molecule has 0 atom stereocenters. The lowest BCUT2D eigenvalue weighted by atomic mass is 10.4. The highest BCUT2D eigenvalue weighted by Crippen LogP contribution is 2.15. The number of carbonyl (C=O) groups excluding carboxylic acids is 1. The van der Waals surface area contributed by atoms with Gasteiger partial charge in [-0.05, 0) is 13.0 Å². The number of esters is 1. The van der Waals surface area contributed by atoms with Gasteiger partial charge < -0.3 is 10.5 Å². The minimum atomic E-state index is -0.328. The molecule has 0 unspecified atom stereocenters. The molecule has 0 saturated carbocycles. The summed E-state index contributed by atoms with van der Waals surface area (Å²) in [6.07, 6.45) is 3.23. The summed E-state index contributed by atoms with van der Waals surface area (Å²) in [5.74, 6) is -0.0404. The maximum atomic E-state index is 11.4. The monoisotopic (exact) mass is 220 g/mol. The zero-order chi connectivity index (χ0) is 11.5. The maximum absolute atomic E-state index is 11.4. The van der Waals surface area contributed by atoms with Gasteiger partial charge in [0.2, 0.25) is 5.95 Å². The summed E-state index contributed by atoms with van der Waals surface area (Å²) in [6.45, 7) is 2.18. The predicted octanol–water partition coefficient (Wildman–Crippen LogP) is 0.577. The number of nitrogens with zero attached hydrogens (tertiary/aromatic N) is 3. The number of anilines is 1. The highest BCUT2D eigenvalue weighted by Gasteiger charge is 2.11. The van der Waals surface area contributed by atoms with Crippen LogP contribution in [-0.2, 0) is 16.1 Å². The van der Waals surface area contributed by atoms with Gasteiger partial charge >= 0.3 is 5.97 Å². The fourth-order valence-electron chi connectivity index (χ4n) is 1.50. The van der Waals surface area contributed by atoms with E-state index in [1.807, 2.05) is 0 Å². The summed E-state index contributed by atoms with van der Waals surface area (Å²) in [7, 11) is 0. The van der Waals surface area contributed by atoms with Crippen molar-refractivity contribution < 1.29 is 9.53 Å². The molecule has 2 heterocycles. The number of fused-ring (bicyclic) bond motifs is 1. The van der Waals surface area contributed by atoms with Crippen molar-refractivity contribution in [2.45, 2.75) is 13.5 Å². The van der Waals surface area contributed by atoms with Gasteiger partial charge in [-0.2, -0.15) is 0 Å². The zero-order valence-electron chi connectivity index (χ0n) is 8.88. The van der Waals surface area contributed by atoms with Crippen LogP contribution in [0.1, 0.15) is 6.92 Å². The topological polar surface area (TPSA) is 83.0 Å². The van der Waals surface area contributed by atoms with E-state index in [2.05, 4.69) is 9.97 Å². The first-order chi connectivity index (χ1) is 7.72. The fraction of sp³-hybridized carbons (Fsp3) is 0.300. The van der Waals surface area contributed by atoms with Crippen LogP contribution in [0.5, 0.6) is 0 Å². The third-order valence-electron chi connectivity index (χ3n) is 2.17. The number of aromatic nitrogens is 3. The molecule has 0 aliphatic carbocycles. The quantitative estimate of drug-likeness (QED) is 0.765. The second kappa shape index (κ2) is 4.18. The first-order valence-electron chi connectivity index (χ1n) is 4.93. The van der Waals surface area contributed by atoms with Gasteiger partial charge in [0, 0.05) is 6.20 Å². The van der Waals surface area contributed by atoms with Crippen molar-refractivity contribution in [3.8, 4) is 0 Å². The van der Waals surface area contributed by atoms with Crippen LogP contribution >= 0.6 is 0 Å². The molecule has 0 fully saturated rings. The fourth-order valence-corrected chi connectivity index (χ4v) is 1.50. The Labute approximate surface area is 92.0 Å². The number of carbonyl (C=O) groups is 1. The largest absolute Gasteiger partial charge is 0.465 e. The van der Waals surface area contributed by atoms with Gasteiger partial charge in [-0.1, -0.05) is 0 Å². The Balaban J connectivity index is 2.36. The van der Waals surface area contributed by atoms with Gasteiger partial charge in [0.25, 0.3) is 0 Å². The molecule has 2 aromatic heterocycles. The molecule has 0 spiro atoms. The molecule has 0 saturated heterocycles. The van der Waals surface area contributed by atoms with Crippen LogP contribution in [0.25, 0.3) is 11.0 Å². The van der Waals surface area contributed by atoms with E-state index in [1.54, 1.807) is 30.0 Å². The van der Waals surface area contributed by atoms with Crippen molar-refractivity contribution in [2.75, 3.05) is 12.3 Å². The number of nitrogen functional groups attached to an aromatic ring is 1. The summed E-state index contributed by atoms with van der Waals surface area (Å²) >= 11 is 0. The molecule has 16 heavy (non-hydrogen) atoms. The second-order valence-electron chi connectivity index (χ2n) is 3.23. The standard InChI is InChI=1S/C10H12N4O2/c1-2-16-9(15)6-14-8-3-4-12-5-7(8)13-10(14)11/h3-5H,2,6H2,1H3,(H2,11,13). The Morgan fingerprint density at radius 2 is 2.44 bits per heavy atom. The number of hydrogen-bond acceptors (Lipinski definition) is 5. The lowest BCUT2D eigenvalue weighted by molar-refractivity contribution is -0.143. The first kappa shape index (κ1) is 10.4. The van der Waals surface area contributed by atoms with E-state index in [1.165, 1.54) is 0 Å². The Morgan fingerprint density at radius 1 is 1.62 bits per heavy atom. The average molecular weight is 220 g/mol. The normalized spacial score (nSPS) is 10.6. The number of ether oxygens (including phenoxy) is 1. The molecule has 2 N–H and O–H groups in total. The molecule has 0 aliphatic heterocycles. The highest BCUT2D eigenvalue weighted by atomic mass is 16.5. The van der Waals surface area contributed by atoms with E-state index < -0.39 is 0 Å². The number of nitrogens with two attached hydrogens (primary N) is 1. The van der Waals surface area contributed by atoms with Crippen LogP contribution in [-0.4, -0.2) is 27.1 Å². The molecule has 2 rings (SSSR count). The van der Waals surface area contributed by atoms with Crippen molar-refractivity contribution in [1.82, 2.24) is 14.5 Å². The van der Waals surface area contributed by atoms with Gasteiger partial charge in [-0.15, -0.1) is 0 Å². The van der Waals surface area contributed by atoms with Crippen molar-refractivity contribution in [3.05, 3.63) is 18.5 Å². The number of hydrogen-bond donors (Lipinski definition) is 1. The third kappa shape index (κ3) is 1.81. The van der Waals surface area contributed by atoms with Crippen LogP contribution in [0.2, 0.25) is 0 Å². The molecule has 6 heteroatoms. The number of pyridine rings is 1. The SMILES string of the molecule is CCOC(=O)Cn1c(N)nc2cnccc21. The Bertz CT molecular complexity index is 521. The van der Waals surface area contributed by atoms with E-state index >= 15 is 0 Å². The van der Waals surface area contributed by atoms with E-state index in [-0.39, 0.29) is 18.5 Å². The molecule has 84 valence electrons. The molecular weight excluding hydrogens is 208 g/mol. The van der Waals surface area contributed by atoms with Crippen molar-refractivity contribution in [2.24, 2.45) is 0 Å². The molecule has 0 radical (unpaired) electrons. The van der Waals surface area contributed by atoms with Crippen molar-refractivity contribution in [1.29, 1.82) is 0 Å². The van der Waals surface area contributed by atoms with Crippen LogP contribution in [0.3, 0.4) is 0 Å². The second-order valence-corrected chi connectivity index (χ2v) is 3.23. The summed E-state index contributed by atoms with van der Waals surface area (Å²) in [5.41, 5.74) is 7.16. The maximum Gasteiger partial charge on any atom is 0.326 e. The molecule has 0 bridgehead atoms. The van der Waals surface area contributed by atoms with E-state index in [0.717, 1.165) is 5.52 Å². The Morgan fingerprint density at radius 3 is 3.19 bits per heavy atom. The van der Waals surface area contributed by atoms with Gasteiger partial charge in [0.15, 0.2) is 0 Å². The zero-order valence-corrected chi connectivity index (χ0v) is 8.88. The Hall–Kier alpha value is -2.11. The average Bonchev–Trinajstić information content (AvgIpc) is 2.56. The third-order valence-corrected chi connectivity index (χ3v) is 2.17. The van der Waals surface area contributed by atoms with Gasteiger partial charge in [0.1, 0.15) is 12.1 Å². The van der Waals surface area contributed by atoms with Crippen LogP contribution in [0, 0.1) is 0 Å². The Kier molecular flexibility index (Phi) is 2.72. The van der Waals surface area contributed by atoms with Crippen molar-refractivity contribution in [3.63, 3.8) is 0 Å². The smallest absolute Gasteiger partial charge is 0.326 e. The van der Waals surface area contributed by atoms with E-state index in [9.17, 15) is 4.79 Å². The minimum absolute atomic E-state index is 0.0696. The summed E-state index contributed by atoms with van der Waals surface area (Å²) in [6, 6.07) is 1.76. The molecule has 0 aliphatic rings. The molecule has 0 amide bonds. The van der Waals surface area contributed by atoms with Crippen LogP contribution in [0.15, 0.2) is 18.5 Å². The lowest BCUT2D eigenvalue weighted by Gasteiger charge is -2.05. The number of imidazole rings is 1. The molecular formula is C10H12N4O2. The number of rotatable bonds is 3. The van der Waals surface area contributed by atoms with Gasteiger partial charge in [-0.25, -0.2) is 4.98 Å². The highest BCUT2D eigenvalue weighted by molar-refractivity contribution is 5.80. The predicted molar refractivity (Wildman–Crippen MR) is 58.6 cm³/mol. The molecule has 0 aromatic carbocycles.